The van der Waals surface area contributed by atoms with E-state index in [-0.39, 0.29) is 0 Å². The minimum atomic E-state index is -0.569. The third kappa shape index (κ3) is 3.44. The molecule has 0 saturated carbocycles. The zero-order chi connectivity index (χ0) is 16.2. The minimum Gasteiger partial charge on any atom is -0.360 e. The van der Waals surface area contributed by atoms with Crippen LogP contribution in [0.25, 0.3) is 10.9 Å². The number of benzene rings is 2. The van der Waals surface area contributed by atoms with E-state index in [0.717, 1.165) is 10.9 Å². The number of hydrazine groups is 1. The molecule has 0 aliphatic carbocycles. The lowest BCUT2D eigenvalue weighted by Crippen LogP contribution is -2.43. The Kier molecular flexibility index (Phi) is 4.16. The molecule has 6 nitrogen and oxygen atoms in total. The molecule has 3 amide bonds. The molecule has 0 radical (unpaired) electrons. The largest absolute Gasteiger partial charge is 0.360 e. The maximum atomic E-state index is 12.1. The van der Waals surface area contributed by atoms with Crippen molar-refractivity contribution in [2.45, 2.75) is 0 Å². The van der Waals surface area contributed by atoms with E-state index in [0.29, 0.717) is 16.3 Å². The lowest BCUT2D eigenvalue weighted by Gasteiger charge is -2.08. The molecule has 1 aromatic heterocycles. The molecule has 3 aromatic rings. The van der Waals surface area contributed by atoms with Gasteiger partial charge in [0.25, 0.3) is 5.91 Å². The first-order valence-corrected chi connectivity index (χ1v) is 7.20. The molecule has 0 fully saturated rings. The fraction of sp³-hybridized carbons (Fsp3) is 0. The molecule has 0 spiro atoms. The number of H-pyrrole nitrogens is 1. The summed E-state index contributed by atoms with van der Waals surface area (Å²) in [6, 6.07) is 13.5. The Morgan fingerprint density at radius 2 is 1.83 bits per heavy atom. The van der Waals surface area contributed by atoms with Crippen molar-refractivity contribution in [1.82, 2.24) is 15.8 Å². The highest BCUT2D eigenvalue weighted by Crippen LogP contribution is 2.17. The van der Waals surface area contributed by atoms with Gasteiger partial charge in [0.15, 0.2) is 0 Å². The van der Waals surface area contributed by atoms with Crippen LogP contribution in [0.5, 0.6) is 0 Å². The maximum absolute atomic E-state index is 12.1. The van der Waals surface area contributed by atoms with Crippen molar-refractivity contribution in [2.75, 3.05) is 5.32 Å². The number of rotatable bonds is 2. The first kappa shape index (κ1) is 14.9. The average Bonchev–Trinajstić information content (AvgIpc) is 2.97. The number of amides is 3. The van der Waals surface area contributed by atoms with Crippen LogP contribution in [0.1, 0.15) is 10.4 Å². The number of carbonyl (C=O) groups is 2. The van der Waals surface area contributed by atoms with Gasteiger partial charge in [-0.25, -0.2) is 10.2 Å². The second-order valence-corrected chi connectivity index (χ2v) is 5.23. The molecule has 0 aliphatic heterocycles. The molecule has 116 valence electrons. The molecule has 0 unspecified atom stereocenters. The quantitative estimate of drug-likeness (QED) is 0.544. The van der Waals surface area contributed by atoms with Gasteiger partial charge in [0.05, 0.1) is 5.56 Å². The first-order chi connectivity index (χ1) is 11.1. The summed E-state index contributed by atoms with van der Waals surface area (Å²) < 4.78 is 0. The zero-order valence-electron chi connectivity index (χ0n) is 11.9. The first-order valence-electron chi connectivity index (χ1n) is 6.82. The fourth-order valence-corrected chi connectivity index (χ4v) is 2.36. The standard InChI is InChI=1S/C16H13ClN4O2/c17-10-4-3-5-11(8-10)19-16(23)21-20-15(22)13-9-18-14-7-2-1-6-12(13)14/h1-9,18H,(H,20,22)(H2,19,21,23). The van der Waals surface area contributed by atoms with Crippen molar-refractivity contribution < 1.29 is 9.59 Å². The summed E-state index contributed by atoms with van der Waals surface area (Å²) >= 11 is 5.83. The maximum Gasteiger partial charge on any atom is 0.337 e. The Bertz CT molecular complexity index is 875. The van der Waals surface area contributed by atoms with Gasteiger partial charge >= 0.3 is 6.03 Å². The molecule has 0 bridgehead atoms. The average molecular weight is 329 g/mol. The monoisotopic (exact) mass is 328 g/mol. The van der Waals surface area contributed by atoms with E-state index in [1.165, 1.54) is 0 Å². The van der Waals surface area contributed by atoms with Gasteiger partial charge in [0.1, 0.15) is 0 Å². The second-order valence-electron chi connectivity index (χ2n) is 4.79. The number of hydrogen-bond donors (Lipinski definition) is 4. The van der Waals surface area contributed by atoms with Crippen molar-refractivity contribution in [3.8, 4) is 0 Å². The molecule has 0 saturated heterocycles. The third-order valence-electron chi connectivity index (χ3n) is 3.21. The highest BCUT2D eigenvalue weighted by atomic mass is 35.5. The lowest BCUT2D eigenvalue weighted by atomic mass is 10.2. The van der Waals surface area contributed by atoms with Crippen LogP contribution in [-0.4, -0.2) is 16.9 Å². The van der Waals surface area contributed by atoms with Crippen LogP contribution in [0.15, 0.2) is 54.7 Å². The van der Waals surface area contributed by atoms with E-state index < -0.39 is 11.9 Å². The molecule has 4 N–H and O–H groups in total. The molecular weight excluding hydrogens is 316 g/mol. The number of aromatic amines is 1. The lowest BCUT2D eigenvalue weighted by molar-refractivity contribution is 0.0939. The minimum absolute atomic E-state index is 0.413. The van der Waals surface area contributed by atoms with Crippen LogP contribution >= 0.6 is 11.6 Å². The summed E-state index contributed by atoms with van der Waals surface area (Å²) in [5.74, 6) is -0.413. The van der Waals surface area contributed by atoms with E-state index in [2.05, 4.69) is 21.2 Å². The molecule has 1 heterocycles. The van der Waals surface area contributed by atoms with Crippen LogP contribution < -0.4 is 16.2 Å². The summed E-state index contributed by atoms with van der Waals surface area (Å²) in [4.78, 5) is 26.9. The molecule has 0 atom stereocenters. The topological polar surface area (TPSA) is 86.0 Å². The van der Waals surface area contributed by atoms with Gasteiger partial charge in [-0.05, 0) is 24.3 Å². The van der Waals surface area contributed by atoms with Gasteiger partial charge in [0.2, 0.25) is 0 Å². The molecule has 0 aliphatic rings. The van der Waals surface area contributed by atoms with Gasteiger partial charge in [-0.15, -0.1) is 0 Å². The Morgan fingerprint density at radius 1 is 1.00 bits per heavy atom. The van der Waals surface area contributed by atoms with Gasteiger partial charge in [-0.3, -0.25) is 10.2 Å². The van der Waals surface area contributed by atoms with E-state index in [1.807, 2.05) is 24.3 Å². The van der Waals surface area contributed by atoms with Crippen molar-refractivity contribution in [2.24, 2.45) is 0 Å². The SMILES string of the molecule is O=C(NNC(=O)c1c[nH]c2ccccc12)Nc1cccc(Cl)c1. The van der Waals surface area contributed by atoms with Gasteiger partial charge in [0, 0.05) is 27.8 Å². The number of aromatic nitrogens is 1. The molecule has 23 heavy (non-hydrogen) atoms. The Balaban J connectivity index is 1.61. The van der Waals surface area contributed by atoms with E-state index >= 15 is 0 Å². The highest BCUT2D eigenvalue weighted by Gasteiger charge is 2.12. The van der Waals surface area contributed by atoms with Gasteiger partial charge < -0.3 is 10.3 Å². The number of urea groups is 1. The van der Waals surface area contributed by atoms with Crippen molar-refractivity contribution in [3.63, 3.8) is 0 Å². The summed E-state index contributed by atoms with van der Waals surface area (Å²) in [6.07, 6.45) is 1.59. The second kappa shape index (κ2) is 6.41. The predicted octanol–water partition coefficient (Wildman–Crippen LogP) is 3.29. The van der Waals surface area contributed by atoms with Crippen LogP contribution in [0.4, 0.5) is 10.5 Å². The smallest absolute Gasteiger partial charge is 0.337 e. The van der Waals surface area contributed by atoms with Gasteiger partial charge in [-0.2, -0.15) is 0 Å². The summed E-state index contributed by atoms with van der Waals surface area (Å²) in [5.41, 5.74) is 6.48. The summed E-state index contributed by atoms with van der Waals surface area (Å²) in [6.45, 7) is 0. The van der Waals surface area contributed by atoms with Crippen molar-refractivity contribution >= 4 is 40.1 Å². The van der Waals surface area contributed by atoms with E-state index in [9.17, 15) is 9.59 Å². The van der Waals surface area contributed by atoms with E-state index in [1.54, 1.807) is 30.5 Å². The van der Waals surface area contributed by atoms with Gasteiger partial charge in [-0.1, -0.05) is 35.9 Å². The molecule has 2 aromatic carbocycles. The Morgan fingerprint density at radius 3 is 2.65 bits per heavy atom. The molecular formula is C16H13ClN4O2. The summed E-state index contributed by atoms with van der Waals surface area (Å²) in [7, 11) is 0. The number of anilines is 1. The van der Waals surface area contributed by atoms with Crippen molar-refractivity contribution in [3.05, 3.63) is 65.3 Å². The Labute approximate surface area is 136 Å². The normalized spacial score (nSPS) is 10.3. The van der Waals surface area contributed by atoms with Crippen LogP contribution in [0.2, 0.25) is 5.02 Å². The number of fused-ring (bicyclic) bond motifs is 1. The van der Waals surface area contributed by atoms with E-state index in [4.69, 9.17) is 11.6 Å². The predicted molar refractivity (Wildman–Crippen MR) is 89.4 cm³/mol. The fourth-order valence-electron chi connectivity index (χ4n) is 2.17. The number of hydrogen-bond acceptors (Lipinski definition) is 2. The molecule has 3 rings (SSSR count). The molecule has 7 heteroatoms. The summed E-state index contributed by atoms with van der Waals surface area (Å²) in [5, 5.41) is 3.85. The highest BCUT2D eigenvalue weighted by molar-refractivity contribution is 6.30. The van der Waals surface area contributed by atoms with Crippen LogP contribution in [0, 0.1) is 0 Å². The van der Waals surface area contributed by atoms with Crippen molar-refractivity contribution in [1.29, 1.82) is 0 Å². The Hall–Kier alpha value is -2.99. The van der Waals surface area contributed by atoms with Crippen LogP contribution in [-0.2, 0) is 0 Å². The van der Waals surface area contributed by atoms with Crippen LogP contribution in [0.3, 0.4) is 0 Å². The number of carbonyl (C=O) groups excluding carboxylic acids is 2. The number of nitrogens with one attached hydrogen (secondary N) is 4. The number of halogens is 1. The zero-order valence-corrected chi connectivity index (χ0v) is 12.6. The number of para-hydroxylation sites is 1. The third-order valence-corrected chi connectivity index (χ3v) is 3.44.